The van der Waals surface area contributed by atoms with E-state index in [0.29, 0.717) is 6.42 Å². The van der Waals surface area contributed by atoms with Gasteiger partial charge in [-0.05, 0) is 18.6 Å². The number of carbonyl (C=O) groups is 2. The van der Waals surface area contributed by atoms with Crippen LogP contribution in [-0.4, -0.2) is 36.1 Å². The molecule has 4 N–H and O–H groups in total. The SMILES string of the molecule is COC(=O)[C@@H](Cc1c[nH]c2ccccc12)NC(=O)[C@@H](C)N. The second-order valence-corrected chi connectivity index (χ2v) is 4.94. The van der Waals surface area contributed by atoms with Gasteiger partial charge in [0.1, 0.15) is 6.04 Å². The first kappa shape index (κ1) is 15.1. The summed E-state index contributed by atoms with van der Waals surface area (Å²) in [6.45, 7) is 1.56. The maximum atomic E-state index is 11.8. The molecular formula is C15H19N3O3. The van der Waals surface area contributed by atoms with Gasteiger partial charge in [0.15, 0.2) is 0 Å². The number of amides is 1. The number of hydrogen-bond acceptors (Lipinski definition) is 4. The Labute approximate surface area is 122 Å². The molecule has 1 amide bonds. The highest BCUT2D eigenvalue weighted by Crippen LogP contribution is 2.19. The van der Waals surface area contributed by atoms with Gasteiger partial charge in [-0.25, -0.2) is 4.79 Å². The topological polar surface area (TPSA) is 97.2 Å². The zero-order valence-corrected chi connectivity index (χ0v) is 12.1. The van der Waals surface area contributed by atoms with Crippen molar-refractivity contribution in [3.05, 3.63) is 36.0 Å². The molecule has 0 aliphatic heterocycles. The van der Waals surface area contributed by atoms with Gasteiger partial charge >= 0.3 is 5.97 Å². The smallest absolute Gasteiger partial charge is 0.328 e. The Bertz CT molecular complexity index is 648. The molecular weight excluding hydrogens is 270 g/mol. The number of para-hydroxylation sites is 1. The minimum Gasteiger partial charge on any atom is -0.467 e. The minimum absolute atomic E-state index is 0.342. The van der Waals surface area contributed by atoms with Crippen molar-refractivity contribution in [2.24, 2.45) is 5.73 Å². The third-order valence-electron chi connectivity index (χ3n) is 3.31. The normalized spacial score (nSPS) is 13.7. The number of aromatic amines is 1. The average Bonchev–Trinajstić information content (AvgIpc) is 2.89. The van der Waals surface area contributed by atoms with E-state index in [9.17, 15) is 9.59 Å². The lowest BCUT2D eigenvalue weighted by Crippen LogP contribution is -2.48. The number of fused-ring (bicyclic) bond motifs is 1. The van der Waals surface area contributed by atoms with Crippen LogP contribution < -0.4 is 11.1 Å². The summed E-state index contributed by atoms with van der Waals surface area (Å²) in [7, 11) is 1.29. The summed E-state index contributed by atoms with van der Waals surface area (Å²) in [5.74, 6) is -0.875. The third-order valence-corrected chi connectivity index (χ3v) is 3.31. The van der Waals surface area contributed by atoms with Gasteiger partial charge in [0.25, 0.3) is 0 Å². The van der Waals surface area contributed by atoms with Crippen molar-refractivity contribution in [1.82, 2.24) is 10.3 Å². The number of rotatable bonds is 5. The maximum absolute atomic E-state index is 11.8. The van der Waals surface area contributed by atoms with Gasteiger partial charge in [-0.1, -0.05) is 18.2 Å². The van der Waals surface area contributed by atoms with Crippen molar-refractivity contribution in [2.45, 2.75) is 25.4 Å². The number of ether oxygens (including phenoxy) is 1. The molecule has 21 heavy (non-hydrogen) atoms. The molecule has 1 heterocycles. The number of methoxy groups -OCH3 is 1. The Morgan fingerprint density at radius 2 is 2.10 bits per heavy atom. The number of H-pyrrole nitrogens is 1. The molecule has 0 fully saturated rings. The van der Waals surface area contributed by atoms with Crippen LogP contribution in [0.1, 0.15) is 12.5 Å². The lowest BCUT2D eigenvalue weighted by Gasteiger charge is -2.17. The molecule has 0 aliphatic carbocycles. The molecule has 1 aromatic carbocycles. The van der Waals surface area contributed by atoms with Gasteiger partial charge in [0.2, 0.25) is 5.91 Å². The van der Waals surface area contributed by atoms with Crippen LogP contribution in [0.2, 0.25) is 0 Å². The van der Waals surface area contributed by atoms with Crippen molar-refractivity contribution in [3.63, 3.8) is 0 Å². The number of esters is 1. The van der Waals surface area contributed by atoms with Crippen molar-refractivity contribution in [1.29, 1.82) is 0 Å². The van der Waals surface area contributed by atoms with Crippen molar-refractivity contribution >= 4 is 22.8 Å². The van der Waals surface area contributed by atoms with E-state index in [0.717, 1.165) is 16.5 Å². The van der Waals surface area contributed by atoms with E-state index in [4.69, 9.17) is 10.5 Å². The summed E-state index contributed by atoms with van der Waals surface area (Å²) in [5, 5.41) is 3.63. The molecule has 0 spiro atoms. The number of nitrogens with one attached hydrogen (secondary N) is 2. The van der Waals surface area contributed by atoms with Crippen LogP contribution >= 0.6 is 0 Å². The summed E-state index contributed by atoms with van der Waals surface area (Å²) in [4.78, 5) is 26.7. The summed E-state index contributed by atoms with van der Waals surface area (Å²) in [6.07, 6.45) is 2.17. The standard InChI is InChI=1S/C15H19N3O3/c1-9(16)14(19)18-13(15(20)21-2)7-10-8-17-12-6-4-3-5-11(10)12/h3-6,8-9,13,17H,7,16H2,1-2H3,(H,18,19)/t9-,13-/m1/s1. The van der Waals surface area contributed by atoms with E-state index in [2.05, 4.69) is 10.3 Å². The molecule has 1 aromatic heterocycles. The second-order valence-electron chi connectivity index (χ2n) is 4.94. The monoisotopic (exact) mass is 289 g/mol. The van der Waals surface area contributed by atoms with Crippen molar-refractivity contribution in [2.75, 3.05) is 7.11 Å². The Balaban J connectivity index is 2.22. The second kappa shape index (κ2) is 6.41. The highest BCUT2D eigenvalue weighted by molar-refractivity contribution is 5.88. The Morgan fingerprint density at radius 3 is 2.76 bits per heavy atom. The fourth-order valence-electron chi connectivity index (χ4n) is 2.16. The Hall–Kier alpha value is -2.34. The molecule has 0 saturated carbocycles. The van der Waals surface area contributed by atoms with Crippen LogP contribution in [0.5, 0.6) is 0 Å². The fraction of sp³-hybridized carbons (Fsp3) is 0.333. The first-order chi connectivity index (χ1) is 10.0. The zero-order valence-electron chi connectivity index (χ0n) is 12.1. The minimum atomic E-state index is -0.757. The number of benzene rings is 1. The van der Waals surface area contributed by atoms with E-state index in [1.54, 1.807) is 6.92 Å². The van der Waals surface area contributed by atoms with Gasteiger partial charge in [-0.2, -0.15) is 0 Å². The molecule has 6 heteroatoms. The van der Waals surface area contributed by atoms with Gasteiger partial charge in [0, 0.05) is 23.5 Å². The van der Waals surface area contributed by atoms with E-state index < -0.39 is 18.1 Å². The van der Waals surface area contributed by atoms with Gasteiger partial charge < -0.3 is 20.8 Å². The summed E-state index contributed by atoms with van der Waals surface area (Å²) < 4.78 is 4.75. The number of hydrogen-bond donors (Lipinski definition) is 3. The first-order valence-electron chi connectivity index (χ1n) is 6.71. The zero-order chi connectivity index (χ0) is 15.4. The van der Waals surface area contributed by atoms with E-state index in [1.165, 1.54) is 7.11 Å². The lowest BCUT2D eigenvalue weighted by molar-refractivity contribution is -0.145. The number of carbonyl (C=O) groups excluding carboxylic acids is 2. The maximum Gasteiger partial charge on any atom is 0.328 e. The third kappa shape index (κ3) is 3.41. The van der Waals surface area contributed by atoms with Crippen LogP contribution in [0.4, 0.5) is 0 Å². The Kier molecular flexibility index (Phi) is 4.59. The molecule has 0 saturated heterocycles. The predicted molar refractivity (Wildman–Crippen MR) is 79.6 cm³/mol. The molecule has 0 radical (unpaired) electrons. The van der Waals surface area contributed by atoms with Crippen LogP contribution in [0.3, 0.4) is 0 Å². The van der Waals surface area contributed by atoms with Gasteiger partial charge in [-0.15, -0.1) is 0 Å². The fourth-order valence-corrected chi connectivity index (χ4v) is 2.16. The molecule has 112 valence electrons. The molecule has 2 rings (SSSR count). The lowest BCUT2D eigenvalue weighted by atomic mass is 10.0. The van der Waals surface area contributed by atoms with Crippen molar-refractivity contribution < 1.29 is 14.3 Å². The summed E-state index contributed by atoms with van der Waals surface area (Å²) >= 11 is 0. The van der Waals surface area contributed by atoms with Crippen LogP contribution in [0.15, 0.2) is 30.5 Å². The van der Waals surface area contributed by atoms with Crippen LogP contribution in [0, 0.1) is 0 Å². The predicted octanol–water partition coefficient (Wildman–Crippen LogP) is 0.715. The molecule has 0 aliphatic rings. The molecule has 2 aromatic rings. The van der Waals surface area contributed by atoms with E-state index in [-0.39, 0.29) is 5.91 Å². The number of nitrogens with two attached hydrogens (primary N) is 1. The largest absolute Gasteiger partial charge is 0.467 e. The molecule has 2 atom stereocenters. The van der Waals surface area contributed by atoms with Gasteiger partial charge in [-0.3, -0.25) is 4.79 Å². The van der Waals surface area contributed by atoms with Crippen LogP contribution in [-0.2, 0) is 20.7 Å². The molecule has 0 unspecified atom stereocenters. The molecule has 6 nitrogen and oxygen atoms in total. The first-order valence-corrected chi connectivity index (χ1v) is 6.71. The number of aromatic nitrogens is 1. The van der Waals surface area contributed by atoms with E-state index in [1.807, 2.05) is 30.5 Å². The quantitative estimate of drug-likeness (QED) is 0.706. The highest BCUT2D eigenvalue weighted by Gasteiger charge is 2.24. The highest BCUT2D eigenvalue weighted by atomic mass is 16.5. The van der Waals surface area contributed by atoms with Crippen LogP contribution in [0.25, 0.3) is 10.9 Å². The Morgan fingerprint density at radius 1 is 1.38 bits per heavy atom. The average molecular weight is 289 g/mol. The van der Waals surface area contributed by atoms with E-state index >= 15 is 0 Å². The summed E-state index contributed by atoms with van der Waals surface area (Å²) in [6, 6.07) is 6.33. The summed E-state index contributed by atoms with van der Waals surface area (Å²) in [5.41, 5.74) is 7.44. The van der Waals surface area contributed by atoms with Gasteiger partial charge in [0.05, 0.1) is 13.2 Å². The molecule has 0 bridgehead atoms. The van der Waals surface area contributed by atoms with Crippen molar-refractivity contribution in [3.8, 4) is 0 Å².